The van der Waals surface area contributed by atoms with Crippen LogP contribution in [0.5, 0.6) is 11.5 Å². The first kappa shape index (κ1) is 16.0. The quantitative estimate of drug-likeness (QED) is 0.489. The van der Waals surface area contributed by atoms with Crippen molar-refractivity contribution in [2.45, 2.75) is 6.92 Å². The zero-order valence-corrected chi connectivity index (χ0v) is 14.4. The van der Waals surface area contributed by atoms with E-state index in [-0.39, 0.29) is 11.5 Å². The molecule has 0 aliphatic rings. The molecule has 0 unspecified atom stereocenters. The zero-order valence-electron chi connectivity index (χ0n) is 14.4. The summed E-state index contributed by atoms with van der Waals surface area (Å²) in [6, 6.07) is 20.1. The monoisotopic (exact) mass is 342 g/mol. The predicted octanol–water partition coefficient (Wildman–Crippen LogP) is 5.88. The van der Waals surface area contributed by atoms with E-state index in [9.17, 15) is 10.2 Å². The van der Waals surface area contributed by atoms with Crippen LogP contribution < -0.4 is 0 Å². The molecule has 1 heterocycles. The summed E-state index contributed by atoms with van der Waals surface area (Å²) in [5, 5.41) is 20.5. The Bertz CT molecular complexity index is 1100. The van der Waals surface area contributed by atoms with Crippen LogP contribution in [0.3, 0.4) is 0 Å². The fourth-order valence-corrected chi connectivity index (χ4v) is 3.25. The van der Waals surface area contributed by atoms with Gasteiger partial charge in [-0.25, -0.2) is 0 Å². The van der Waals surface area contributed by atoms with Crippen molar-refractivity contribution in [3.63, 3.8) is 0 Å². The maximum Gasteiger partial charge on any atom is 0.143 e. The average Bonchev–Trinajstić information content (AvgIpc) is 3.02. The van der Waals surface area contributed by atoms with Crippen LogP contribution >= 0.6 is 0 Å². The minimum absolute atomic E-state index is 0.190. The van der Waals surface area contributed by atoms with Crippen LogP contribution in [0.25, 0.3) is 27.9 Å². The van der Waals surface area contributed by atoms with Gasteiger partial charge in [0.25, 0.3) is 0 Å². The highest BCUT2D eigenvalue weighted by atomic mass is 16.3. The molecule has 0 aliphatic carbocycles. The van der Waals surface area contributed by atoms with Crippen LogP contribution in [0.15, 0.2) is 77.7 Å². The van der Waals surface area contributed by atoms with Gasteiger partial charge in [0.15, 0.2) is 0 Å². The molecule has 0 amide bonds. The number of hydrogen-bond donors (Lipinski definition) is 2. The average molecular weight is 342 g/mol. The lowest BCUT2D eigenvalue weighted by Gasteiger charge is -2.08. The summed E-state index contributed by atoms with van der Waals surface area (Å²) in [6.45, 7) is 6.19. The van der Waals surface area contributed by atoms with Crippen molar-refractivity contribution in [2.24, 2.45) is 0 Å². The summed E-state index contributed by atoms with van der Waals surface area (Å²) in [6.07, 6.45) is 0. The molecule has 2 N–H and O–H groups in total. The predicted molar refractivity (Wildman–Crippen MR) is 104 cm³/mol. The fourth-order valence-electron chi connectivity index (χ4n) is 3.25. The molecule has 4 rings (SSSR count). The summed E-state index contributed by atoms with van der Waals surface area (Å²) in [7, 11) is 0. The smallest absolute Gasteiger partial charge is 0.143 e. The highest BCUT2D eigenvalue weighted by Gasteiger charge is 2.21. The summed E-state index contributed by atoms with van der Waals surface area (Å²) in [5.74, 6) is 1.06. The molecule has 0 atom stereocenters. The number of benzene rings is 3. The van der Waals surface area contributed by atoms with Gasteiger partial charge in [-0.05, 0) is 60.0 Å². The van der Waals surface area contributed by atoms with Crippen molar-refractivity contribution in [1.29, 1.82) is 0 Å². The molecule has 0 fully saturated rings. The van der Waals surface area contributed by atoms with E-state index in [1.54, 1.807) is 24.3 Å². The highest BCUT2D eigenvalue weighted by Crippen LogP contribution is 2.42. The first-order chi connectivity index (χ1) is 12.5. The van der Waals surface area contributed by atoms with Gasteiger partial charge in [0.05, 0.1) is 0 Å². The van der Waals surface area contributed by atoms with Crippen molar-refractivity contribution in [3.05, 3.63) is 90.0 Å². The summed E-state index contributed by atoms with van der Waals surface area (Å²) >= 11 is 0. The first-order valence-electron chi connectivity index (χ1n) is 8.35. The molecule has 1 aromatic heterocycles. The van der Waals surface area contributed by atoms with Crippen LogP contribution in [-0.4, -0.2) is 10.2 Å². The molecule has 0 bridgehead atoms. The third-order valence-corrected chi connectivity index (χ3v) is 4.51. The van der Waals surface area contributed by atoms with Gasteiger partial charge in [-0.3, -0.25) is 0 Å². The number of phenolic OH excluding ortho intramolecular Hbond substituents is 2. The van der Waals surface area contributed by atoms with Crippen LogP contribution in [-0.2, 0) is 0 Å². The number of aromatic hydroxyl groups is 2. The summed E-state index contributed by atoms with van der Waals surface area (Å²) in [4.78, 5) is 0. The molecule has 0 saturated heterocycles. The standard InChI is InChI=1S/C23H18O3/c1-14-12-19(25)13-20-21(15(2)16-6-4-3-5-7-16)23(26-22(14)20)17-8-10-18(24)11-9-17/h3-13,24-25H,2H2,1H3. The lowest BCUT2D eigenvalue weighted by molar-refractivity contribution is 0.474. The molecule has 3 aromatic carbocycles. The lowest BCUT2D eigenvalue weighted by Crippen LogP contribution is -1.88. The van der Waals surface area contributed by atoms with Crippen molar-refractivity contribution < 1.29 is 14.6 Å². The van der Waals surface area contributed by atoms with Gasteiger partial charge < -0.3 is 14.6 Å². The second-order valence-electron chi connectivity index (χ2n) is 6.34. The molecule has 4 aromatic rings. The SMILES string of the molecule is C=C(c1ccccc1)c1c(-c2ccc(O)cc2)oc2c(C)cc(O)cc12. The van der Waals surface area contributed by atoms with E-state index in [1.165, 1.54) is 0 Å². The van der Waals surface area contributed by atoms with E-state index in [0.29, 0.717) is 5.76 Å². The number of furan rings is 1. The van der Waals surface area contributed by atoms with Crippen molar-refractivity contribution in [2.75, 3.05) is 0 Å². The van der Waals surface area contributed by atoms with Crippen LogP contribution in [0.2, 0.25) is 0 Å². The van der Waals surface area contributed by atoms with Gasteiger partial charge in [0, 0.05) is 16.5 Å². The summed E-state index contributed by atoms with van der Waals surface area (Å²) < 4.78 is 6.20. The van der Waals surface area contributed by atoms with E-state index >= 15 is 0 Å². The van der Waals surface area contributed by atoms with E-state index in [0.717, 1.165) is 38.8 Å². The van der Waals surface area contributed by atoms with Crippen LogP contribution in [0, 0.1) is 6.92 Å². The Morgan fingerprint density at radius 2 is 1.58 bits per heavy atom. The van der Waals surface area contributed by atoms with Crippen molar-refractivity contribution >= 4 is 16.5 Å². The Morgan fingerprint density at radius 3 is 2.27 bits per heavy atom. The number of aryl methyl sites for hydroxylation is 1. The lowest BCUT2D eigenvalue weighted by atomic mass is 9.94. The largest absolute Gasteiger partial charge is 0.508 e. The first-order valence-corrected chi connectivity index (χ1v) is 8.35. The van der Waals surface area contributed by atoms with Gasteiger partial charge in [0.2, 0.25) is 0 Å². The third kappa shape index (κ3) is 2.64. The normalized spacial score (nSPS) is 11.0. The zero-order chi connectivity index (χ0) is 18.3. The molecule has 3 heteroatoms. The maximum absolute atomic E-state index is 10.1. The van der Waals surface area contributed by atoms with E-state index in [1.807, 2.05) is 49.4 Å². The molecular weight excluding hydrogens is 324 g/mol. The second kappa shape index (κ2) is 6.12. The molecule has 0 aliphatic heterocycles. The second-order valence-corrected chi connectivity index (χ2v) is 6.34. The number of fused-ring (bicyclic) bond motifs is 1. The Morgan fingerprint density at radius 1 is 0.885 bits per heavy atom. The van der Waals surface area contributed by atoms with Crippen molar-refractivity contribution in [3.8, 4) is 22.8 Å². The van der Waals surface area contributed by atoms with Gasteiger partial charge in [0.1, 0.15) is 22.8 Å². The Kier molecular flexibility index (Phi) is 3.77. The summed E-state index contributed by atoms with van der Waals surface area (Å²) in [5.41, 5.74) is 5.06. The molecule has 26 heavy (non-hydrogen) atoms. The number of rotatable bonds is 3. The molecule has 0 spiro atoms. The minimum atomic E-state index is 0.190. The molecule has 3 nitrogen and oxygen atoms in total. The Labute approximate surface area is 151 Å². The Balaban J connectivity index is 2.03. The third-order valence-electron chi connectivity index (χ3n) is 4.51. The topological polar surface area (TPSA) is 53.6 Å². The number of phenols is 2. The van der Waals surface area contributed by atoms with E-state index in [4.69, 9.17) is 4.42 Å². The van der Waals surface area contributed by atoms with Gasteiger partial charge in [-0.15, -0.1) is 0 Å². The van der Waals surface area contributed by atoms with Gasteiger partial charge in [-0.2, -0.15) is 0 Å². The Hall–Kier alpha value is -3.46. The van der Waals surface area contributed by atoms with Crippen molar-refractivity contribution in [1.82, 2.24) is 0 Å². The van der Waals surface area contributed by atoms with Crippen LogP contribution in [0.1, 0.15) is 16.7 Å². The van der Waals surface area contributed by atoms with Gasteiger partial charge >= 0.3 is 0 Å². The molecule has 0 radical (unpaired) electrons. The maximum atomic E-state index is 10.1. The molecular formula is C23H18O3. The number of hydrogen-bond acceptors (Lipinski definition) is 3. The minimum Gasteiger partial charge on any atom is -0.508 e. The highest BCUT2D eigenvalue weighted by molar-refractivity contribution is 6.02. The van der Waals surface area contributed by atoms with Crippen LogP contribution in [0.4, 0.5) is 0 Å². The molecule has 0 saturated carbocycles. The van der Waals surface area contributed by atoms with Gasteiger partial charge in [-0.1, -0.05) is 36.9 Å². The van der Waals surface area contributed by atoms with E-state index < -0.39 is 0 Å². The fraction of sp³-hybridized carbons (Fsp3) is 0.0435. The van der Waals surface area contributed by atoms with E-state index in [2.05, 4.69) is 6.58 Å². The molecule has 128 valence electrons.